The number of aromatic amines is 1. The summed E-state index contributed by atoms with van der Waals surface area (Å²) in [6, 6.07) is 14.5. The molecule has 118 valence electrons. The summed E-state index contributed by atoms with van der Waals surface area (Å²) in [4.78, 5) is 28.9. The molecule has 2 heterocycles. The molecule has 1 N–H and O–H groups in total. The van der Waals surface area contributed by atoms with Crippen molar-refractivity contribution >= 4 is 38.4 Å². The van der Waals surface area contributed by atoms with E-state index < -0.39 is 11.4 Å². The molecule has 0 saturated heterocycles. The first kappa shape index (κ1) is 14.5. The maximum Gasteiger partial charge on any atom is 0.363 e. The molecule has 0 unspecified atom stereocenters. The number of H-pyrrole nitrogens is 1. The predicted octanol–water partition coefficient (Wildman–Crippen LogP) is 2.89. The van der Waals surface area contributed by atoms with E-state index in [0.29, 0.717) is 15.9 Å². The van der Waals surface area contributed by atoms with Gasteiger partial charge in [0.05, 0.1) is 15.7 Å². The van der Waals surface area contributed by atoms with Crippen LogP contribution in [0.4, 0.5) is 0 Å². The first-order chi connectivity index (χ1) is 11.7. The molecular formula is C17H11N3O3S. The first-order valence-electron chi connectivity index (χ1n) is 7.21. The Balaban J connectivity index is 1.58. The maximum absolute atomic E-state index is 12.3. The Hall–Kier alpha value is -3.06. The largest absolute Gasteiger partial charge is 0.453 e. The van der Waals surface area contributed by atoms with Gasteiger partial charge in [-0.1, -0.05) is 24.3 Å². The SMILES string of the molecule is O=C(OCc1nc2ccccc2s1)c1n[nH]c2ccccc2c1=O. The molecule has 0 aliphatic rings. The monoisotopic (exact) mass is 337 g/mol. The van der Waals surface area contributed by atoms with Crippen LogP contribution in [0.3, 0.4) is 0 Å². The summed E-state index contributed by atoms with van der Waals surface area (Å²) in [6.45, 7) is 0.00608. The minimum absolute atomic E-state index is 0.00608. The van der Waals surface area contributed by atoms with E-state index in [1.54, 1.807) is 24.3 Å². The van der Waals surface area contributed by atoms with Gasteiger partial charge in [-0.15, -0.1) is 11.3 Å². The molecule has 0 radical (unpaired) electrons. The minimum Gasteiger partial charge on any atom is -0.453 e. The van der Waals surface area contributed by atoms with Crippen LogP contribution in [0.5, 0.6) is 0 Å². The van der Waals surface area contributed by atoms with Gasteiger partial charge in [0.1, 0.15) is 11.6 Å². The second-order valence-corrected chi connectivity index (χ2v) is 6.21. The van der Waals surface area contributed by atoms with Crippen LogP contribution in [0.1, 0.15) is 15.5 Å². The number of aromatic nitrogens is 3. The standard InChI is InChI=1S/C17H11N3O3S/c21-16-10-5-1-2-6-11(10)19-20-15(16)17(22)23-9-14-18-12-7-3-4-8-13(12)24-14/h1-8H,9H2,(H,19,21). The number of carbonyl (C=O) groups excluding carboxylic acids is 1. The molecule has 0 fully saturated rings. The molecule has 0 aliphatic heterocycles. The number of hydrogen-bond acceptors (Lipinski definition) is 6. The summed E-state index contributed by atoms with van der Waals surface area (Å²) in [5.41, 5.74) is 0.730. The normalized spacial score (nSPS) is 11.0. The fourth-order valence-corrected chi connectivity index (χ4v) is 3.27. The van der Waals surface area contributed by atoms with Crippen molar-refractivity contribution in [1.82, 2.24) is 15.2 Å². The van der Waals surface area contributed by atoms with Crippen LogP contribution in [0, 0.1) is 0 Å². The molecule has 0 bridgehead atoms. The molecule has 4 aromatic rings. The van der Waals surface area contributed by atoms with Crippen LogP contribution in [0.15, 0.2) is 53.3 Å². The van der Waals surface area contributed by atoms with Crippen LogP contribution in [0.2, 0.25) is 0 Å². The summed E-state index contributed by atoms with van der Waals surface area (Å²) < 4.78 is 6.22. The topological polar surface area (TPSA) is 84.9 Å². The number of carbonyl (C=O) groups is 1. The fourth-order valence-electron chi connectivity index (χ4n) is 2.39. The fraction of sp³-hybridized carbons (Fsp3) is 0.0588. The summed E-state index contributed by atoms with van der Waals surface area (Å²) >= 11 is 1.45. The lowest BCUT2D eigenvalue weighted by Crippen LogP contribution is -2.20. The lowest BCUT2D eigenvalue weighted by atomic mass is 10.2. The molecule has 0 aliphatic carbocycles. The zero-order valence-electron chi connectivity index (χ0n) is 12.4. The van der Waals surface area contributed by atoms with E-state index in [1.807, 2.05) is 24.3 Å². The van der Waals surface area contributed by atoms with Crippen molar-refractivity contribution in [3.8, 4) is 0 Å². The predicted molar refractivity (Wildman–Crippen MR) is 91.1 cm³/mol. The molecule has 2 aromatic carbocycles. The highest BCUT2D eigenvalue weighted by Gasteiger charge is 2.17. The number of para-hydroxylation sites is 2. The number of hydrogen-bond donors (Lipinski definition) is 1. The van der Waals surface area contributed by atoms with Gasteiger partial charge >= 0.3 is 5.97 Å². The van der Waals surface area contributed by atoms with Gasteiger partial charge in [-0.2, -0.15) is 5.10 Å². The first-order valence-corrected chi connectivity index (χ1v) is 8.03. The van der Waals surface area contributed by atoms with Gasteiger partial charge in [0.2, 0.25) is 11.1 Å². The van der Waals surface area contributed by atoms with Crippen LogP contribution in [-0.2, 0) is 11.3 Å². The van der Waals surface area contributed by atoms with E-state index >= 15 is 0 Å². The van der Waals surface area contributed by atoms with E-state index in [1.165, 1.54) is 11.3 Å². The molecule has 4 rings (SSSR count). The third-order valence-electron chi connectivity index (χ3n) is 3.53. The van der Waals surface area contributed by atoms with Crippen molar-refractivity contribution in [3.63, 3.8) is 0 Å². The highest BCUT2D eigenvalue weighted by atomic mass is 32.1. The highest BCUT2D eigenvalue weighted by molar-refractivity contribution is 7.18. The minimum atomic E-state index is -0.763. The van der Waals surface area contributed by atoms with Crippen molar-refractivity contribution < 1.29 is 9.53 Å². The van der Waals surface area contributed by atoms with Gasteiger partial charge in [0.25, 0.3) is 0 Å². The van der Waals surface area contributed by atoms with Crippen LogP contribution in [-0.4, -0.2) is 21.2 Å². The zero-order valence-corrected chi connectivity index (χ0v) is 13.2. The van der Waals surface area contributed by atoms with Crippen molar-refractivity contribution in [2.75, 3.05) is 0 Å². The van der Waals surface area contributed by atoms with Crippen molar-refractivity contribution in [3.05, 3.63) is 69.5 Å². The average molecular weight is 337 g/mol. The molecule has 0 spiro atoms. The number of ether oxygens (including phenoxy) is 1. The smallest absolute Gasteiger partial charge is 0.363 e. The molecule has 0 atom stereocenters. The van der Waals surface area contributed by atoms with Crippen LogP contribution >= 0.6 is 11.3 Å². The second-order valence-electron chi connectivity index (χ2n) is 5.10. The Kier molecular flexibility index (Phi) is 3.55. The Morgan fingerprint density at radius 1 is 1.12 bits per heavy atom. The molecule has 7 heteroatoms. The number of nitrogens with zero attached hydrogens (tertiary/aromatic N) is 2. The van der Waals surface area contributed by atoms with E-state index in [-0.39, 0.29) is 12.3 Å². The van der Waals surface area contributed by atoms with E-state index in [2.05, 4.69) is 15.2 Å². The zero-order chi connectivity index (χ0) is 16.5. The number of thiazole rings is 1. The number of fused-ring (bicyclic) bond motifs is 2. The summed E-state index contributed by atoms with van der Waals surface area (Å²) in [7, 11) is 0. The van der Waals surface area contributed by atoms with Crippen molar-refractivity contribution in [2.45, 2.75) is 6.61 Å². The van der Waals surface area contributed by atoms with E-state index in [0.717, 1.165) is 10.2 Å². The Morgan fingerprint density at radius 2 is 1.92 bits per heavy atom. The van der Waals surface area contributed by atoms with Gasteiger partial charge in [-0.05, 0) is 24.3 Å². The van der Waals surface area contributed by atoms with Gasteiger partial charge in [0, 0.05) is 5.39 Å². The van der Waals surface area contributed by atoms with E-state index in [9.17, 15) is 9.59 Å². The lowest BCUT2D eigenvalue weighted by Gasteiger charge is -2.02. The summed E-state index contributed by atoms with van der Waals surface area (Å²) in [5.74, 6) is -0.763. The third-order valence-corrected chi connectivity index (χ3v) is 4.54. The van der Waals surface area contributed by atoms with Crippen LogP contribution in [0.25, 0.3) is 21.1 Å². The van der Waals surface area contributed by atoms with E-state index in [4.69, 9.17) is 4.74 Å². The molecule has 0 saturated carbocycles. The lowest BCUT2D eigenvalue weighted by molar-refractivity contribution is 0.0463. The Morgan fingerprint density at radius 3 is 2.79 bits per heavy atom. The van der Waals surface area contributed by atoms with Gasteiger partial charge < -0.3 is 4.74 Å². The molecular weight excluding hydrogens is 326 g/mol. The number of nitrogens with one attached hydrogen (secondary N) is 1. The number of benzene rings is 2. The molecule has 2 aromatic heterocycles. The number of rotatable bonds is 3. The molecule has 6 nitrogen and oxygen atoms in total. The van der Waals surface area contributed by atoms with Gasteiger partial charge in [-0.3, -0.25) is 9.89 Å². The molecule has 24 heavy (non-hydrogen) atoms. The second kappa shape index (κ2) is 5.86. The quantitative estimate of drug-likeness (QED) is 0.581. The number of esters is 1. The highest BCUT2D eigenvalue weighted by Crippen LogP contribution is 2.22. The Bertz CT molecular complexity index is 1080. The summed E-state index contributed by atoms with van der Waals surface area (Å²) in [6.07, 6.45) is 0. The van der Waals surface area contributed by atoms with Gasteiger partial charge in [0.15, 0.2) is 0 Å². The maximum atomic E-state index is 12.3. The van der Waals surface area contributed by atoms with Gasteiger partial charge in [-0.25, -0.2) is 9.78 Å². The summed E-state index contributed by atoms with van der Waals surface area (Å²) in [5, 5.41) is 7.60. The third kappa shape index (κ3) is 2.55. The molecule has 0 amide bonds. The van der Waals surface area contributed by atoms with Crippen molar-refractivity contribution in [2.24, 2.45) is 0 Å². The Labute approximate surface area is 139 Å². The van der Waals surface area contributed by atoms with Crippen LogP contribution < -0.4 is 5.43 Å². The van der Waals surface area contributed by atoms with Crippen molar-refractivity contribution in [1.29, 1.82) is 0 Å². The average Bonchev–Trinajstić information content (AvgIpc) is 3.03.